The van der Waals surface area contributed by atoms with Crippen LogP contribution >= 0.6 is 23.2 Å². The largest absolute Gasteiger partial charge is 0.479 e. The third-order valence-electron chi connectivity index (χ3n) is 2.32. The maximum Gasteiger partial charge on any atom is 0.260 e. The van der Waals surface area contributed by atoms with E-state index >= 15 is 0 Å². The zero-order valence-electron chi connectivity index (χ0n) is 10.9. The maximum atomic E-state index is 11.7. The minimum absolute atomic E-state index is 0.217. The van der Waals surface area contributed by atoms with Gasteiger partial charge in [0.25, 0.3) is 5.91 Å². The van der Waals surface area contributed by atoms with Crippen molar-refractivity contribution < 1.29 is 14.3 Å². The predicted octanol–water partition coefficient (Wildman–Crippen LogP) is 2.91. The van der Waals surface area contributed by atoms with Gasteiger partial charge in [-0.15, -0.1) is 0 Å². The average molecular weight is 306 g/mol. The Bertz CT molecular complexity index is 426. The molecule has 1 amide bonds. The van der Waals surface area contributed by atoms with Crippen LogP contribution in [0.25, 0.3) is 0 Å². The zero-order valence-corrected chi connectivity index (χ0v) is 12.4. The van der Waals surface area contributed by atoms with E-state index in [9.17, 15) is 4.79 Å². The number of carbonyl (C=O) groups excluding carboxylic acids is 1. The molecule has 0 spiro atoms. The number of amides is 1. The Balaban J connectivity index is 2.45. The minimum Gasteiger partial charge on any atom is -0.479 e. The van der Waals surface area contributed by atoms with E-state index in [2.05, 4.69) is 5.32 Å². The van der Waals surface area contributed by atoms with Gasteiger partial charge in [0.15, 0.2) is 6.10 Å². The number of halogens is 2. The summed E-state index contributed by atoms with van der Waals surface area (Å²) >= 11 is 11.7. The summed E-state index contributed by atoms with van der Waals surface area (Å²) < 4.78 is 10.6. The molecule has 4 nitrogen and oxygen atoms in total. The fraction of sp³-hybridized carbons (Fsp3) is 0.462. The number of nitrogens with one attached hydrogen (secondary N) is 1. The highest BCUT2D eigenvalue weighted by Gasteiger charge is 2.15. The number of ether oxygens (including phenoxy) is 2. The number of rotatable bonds is 7. The third kappa shape index (κ3) is 5.68. The van der Waals surface area contributed by atoms with E-state index in [1.807, 2.05) is 6.92 Å². The van der Waals surface area contributed by atoms with E-state index in [-0.39, 0.29) is 5.91 Å². The number of carbonyl (C=O) groups is 1. The highest BCUT2D eigenvalue weighted by Crippen LogP contribution is 2.28. The van der Waals surface area contributed by atoms with Gasteiger partial charge in [-0.2, -0.15) is 0 Å². The van der Waals surface area contributed by atoms with Crippen molar-refractivity contribution in [2.75, 3.05) is 19.8 Å². The van der Waals surface area contributed by atoms with Crippen LogP contribution in [0.4, 0.5) is 0 Å². The molecule has 1 aromatic rings. The number of hydrogen-bond donors (Lipinski definition) is 1. The van der Waals surface area contributed by atoms with Gasteiger partial charge in [0, 0.05) is 18.2 Å². The Labute approximate surface area is 123 Å². The highest BCUT2D eigenvalue weighted by molar-refractivity contribution is 6.35. The van der Waals surface area contributed by atoms with E-state index < -0.39 is 6.10 Å². The van der Waals surface area contributed by atoms with Gasteiger partial charge in [-0.1, -0.05) is 23.2 Å². The maximum absolute atomic E-state index is 11.7. The van der Waals surface area contributed by atoms with Crippen LogP contribution < -0.4 is 10.1 Å². The van der Waals surface area contributed by atoms with Gasteiger partial charge in [-0.3, -0.25) is 4.79 Å². The van der Waals surface area contributed by atoms with Crippen molar-refractivity contribution in [3.63, 3.8) is 0 Å². The van der Waals surface area contributed by atoms with Crippen LogP contribution in [0.3, 0.4) is 0 Å². The summed E-state index contributed by atoms with van der Waals surface area (Å²) in [5.41, 5.74) is 0. The lowest BCUT2D eigenvalue weighted by Crippen LogP contribution is -2.38. The van der Waals surface area contributed by atoms with E-state index in [1.165, 1.54) is 0 Å². The quantitative estimate of drug-likeness (QED) is 0.788. The molecule has 0 bridgehead atoms. The summed E-state index contributed by atoms with van der Waals surface area (Å²) in [5.74, 6) is 0.212. The standard InChI is InChI=1S/C13H17Cl2NO3/c1-3-18-7-6-16-13(17)9(2)19-12-5-4-10(14)8-11(12)15/h4-5,8-9H,3,6-7H2,1-2H3,(H,16,17). The molecular formula is C13H17Cl2NO3. The van der Waals surface area contributed by atoms with Crippen molar-refractivity contribution in [3.8, 4) is 5.75 Å². The first-order valence-corrected chi connectivity index (χ1v) is 6.77. The monoisotopic (exact) mass is 305 g/mol. The summed E-state index contributed by atoms with van der Waals surface area (Å²) in [7, 11) is 0. The highest BCUT2D eigenvalue weighted by atomic mass is 35.5. The Morgan fingerprint density at radius 2 is 2.16 bits per heavy atom. The molecule has 1 N–H and O–H groups in total. The Morgan fingerprint density at radius 1 is 1.42 bits per heavy atom. The van der Waals surface area contributed by atoms with Crippen LogP contribution in [0, 0.1) is 0 Å². The van der Waals surface area contributed by atoms with Crippen LogP contribution in [-0.4, -0.2) is 31.8 Å². The molecule has 0 aromatic heterocycles. The second kappa shape index (κ2) is 8.25. The molecule has 19 heavy (non-hydrogen) atoms. The second-order valence-electron chi connectivity index (χ2n) is 3.82. The van der Waals surface area contributed by atoms with Crippen LogP contribution in [-0.2, 0) is 9.53 Å². The fourth-order valence-electron chi connectivity index (χ4n) is 1.35. The van der Waals surface area contributed by atoms with Gasteiger partial charge in [0.2, 0.25) is 0 Å². The normalized spacial score (nSPS) is 12.0. The van der Waals surface area contributed by atoms with Crippen molar-refractivity contribution in [3.05, 3.63) is 28.2 Å². The van der Waals surface area contributed by atoms with Crippen molar-refractivity contribution in [2.24, 2.45) is 0 Å². The second-order valence-corrected chi connectivity index (χ2v) is 4.67. The summed E-state index contributed by atoms with van der Waals surface area (Å²) in [6, 6.07) is 4.86. The smallest absolute Gasteiger partial charge is 0.260 e. The lowest BCUT2D eigenvalue weighted by Gasteiger charge is -2.15. The Kier molecular flexibility index (Phi) is 6.99. The minimum atomic E-state index is -0.639. The van der Waals surface area contributed by atoms with Gasteiger partial charge in [0.1, 0.15) is 5.75 Å². The van der Waals surface area contributed by atoms with Crippen molar-refractivity contribution in [1.29, 1.82) is 0 Å². The predicted molar refractivity (Wildman–Crippen MR) is 76.1 cm³/mol. The van der Waals surface area contributed by atoms with Crippen molar-refractivity contribution in [1.82, 2.24) is 5.32 Å². The molecule has 1 aromatic carbocycles. The van der Waals surface area contributed by atoms with Crippen molar-refractivity contribution in [2.45, 2.75) is 20.0 Å². The van der Waals surface area contributed by atoms with E-state index in [1.54, 1.807) is 25.1 Å². The SMILES string of the molecule is CCOCCNC(=O)C(C)Oc1ccc(Cl)cc1Cl. The third-order valence-corrected chi connectivity index (χ3v) is 2.85. The average Bonchev–Trinajstić information content (AvgIpc) is 2.37. The van der Waals surface area contributed by atoms with E-state index in [0.29, 0.717) is 35.6 Å². The van der Waals surface area contributed by atoms with Crippen LogP contribution in [0.5, 0.6) is 5.75 Å². The summed E-state index contributed by atoms with van der Waals surface area (Å²) in [4.78, 5) is 11.7. The molecule has 0 radical (unpaired) electrons. The summed E-state index contributed by atoms with van der Waals surface area (Å²) in [6.07, 6.45) is -0.639. The fourth-order valence-corrected chi connectivity index (χ4v) is 1.80. The zero-order chi connectivity index (χ0) is 14.3. The lowest BCUT2D eigenvalue weighted by molar-refractivity contribution is -0.127. The first-order chi connectivity index (χ1) is 9.04. The van der Waals surface area contributed by atoms with E-state index in [0.717, 1.165) is 0 Å². The first kappa shape index (κ1) is 16.1. The van der Waals surface area contributed by atoms with Crippen LogP contribution in [0.2, 0.25) is 10.0 Å². The van der Waals surface area contributed by atoms with Crippen LogP contribution in [0.15, 0.2) is 18.2 Å². The molecule has 6 heteroatoms. The van der Waals surface area contributed by atoms with Gasteiger partial charge in [0.05, 0.1) is 11.6 Å². The molecule has 0 fully saturated rings. The van der Waals surface area contributed by atoms with E-state index in [4.69, 9.17) is 32.7 Å². The van der Waals surface area contributed by atoms with Crippen molar-refractivity contribution >= 4 is 29.1 Å². The molecule has 0 saturated heterocycles. The summed E-state index contributed by atoms with van der Waals surface area (Å²) in [6.45, 7) is 5.12. The van der Waals surface area contributed by atoms with Gasteiger partial charge in [-0.05, 0) is 32.0 Å². The molecule has 1 atom stereocenters. The first-order valence-electron chi connectivity index (χ1n) is 6.01. The molecule has 0 aliphatic rings. The molecule has 0 saturated carbocycles. The molecule has 1 rings (SSSR count). The molecular weight excluding hydrogens is 289 g/mol. The molecule has 106 valence electrons. The Morgan fingerprint density at radius 3 is 2.79 bits per heavy atom. The number of hydrogen-bond acceptors (Lipinski definition) is 3. The molecule has 0 heterocycles. The van der Waals surface area contributed by atoms with Gasteiger partial charge in [-0.25, -0.2) is 0 Å². The van der Waals surface area contributed by atoms with Crippen LogP contribution in [0.1, 0.15) is 13.8 Å². The van der Waals surface area contributed by atoms with Gasteiger partial charge >= 0.3 is 0 Å². The topological polar surface area (TPSA) is 47.6 Å². The molecule has 0 aliphatic heterocycles. The lowest BCUT2D eigenvalue weighted by atomic mass is 10.3. The van der Waals surface area contributed by atoms with Gasteiger partial charge < -0.3 is 14.8 Å². The number of benzene rings is 1. The molecule has 0 aliphatic carbocycles. The molecule has 1 unspecified atom stereocenters. The summed E-state index contributed by atoms with van der Waals surface area (Å²) in [5, 5.41) is 3.61. The Hall–Kier alpha value is -0.970.